The third-order valence-corrected chi connectivity index (χ3v) is 3.85. The summed E-state index contributed by atoms with van der Waals surface area (Å²) in [6, 6.07) is 3.51. The molecule has 2 N–H and O–H groups in total. The van der Waals surface area contributed by atoms with E-state index in [2.05, 4.69) is 15.9 Å². The number of benzene rings is 1. The van der Waals surface area contributed by atoms with E-state index in [0.717, 1.165) is 10.0 Å². The Morgan fingerprint density at radius 2 is 2.05 bits per heavy atom. The summed E-state index contributed by atoms with van der Waals surface area (Å²) in [5.74, 6) is -0.188. The second-order valence-electron chi connectivity index (χ2n) is 4.71. The molecule has 2 rings (SSSR count). The van der Waals surface area contributed by atoms with Crippen molar-refractivity contribution in [2.75, 3.05) is 32.4 Å². The molecule has 2 amide bonds. The first-order valence-corrected chi connectivity index (χ1v) is 6.78. The van der Waals surface area contributed by atoms with Crippen LogP contribution in [0.15, 0.2) is 16.6 Å². The third-order valence-electron chi connectivity index (χ3n) is 3.39. The van der Waals surface area contributed by atoms with Gasteiger partial charge in [0.05, 0.1) is 0 Å². The number of carbonyl (C=O) groups excluding carboxylic acids is 2. The zero-order valence-corrected chi connectivity index (χ0v) is 12.5. The minimum absolute atomic E-state index is 0.0415. The van der Waals surface area contributed by atoms with Crippen molar-refractivity contribution in [1.29, 1.82) is 0 Å². The fourth-order valence-corrected chi connectivity index (χ4v) is 2.50. The van der Waals surface area contributed by atoms with Crippen LogP contribution in [0.1, 0.15) is 15.9 Å². The quantitative estimate of drug-likeness (QED) is 0.790. The Balaban J connectivity index is 2.28. The molecule has 5 nitrogen and oxygen atoms in total. The van der Waals surface area contributed by atoms with E-state index in [1.54, 1.807) is 29.0 Å². The minimum atomic E-state index is -0.146. The smallest absolute Gasteiger partial charge is 0.254 e. The molecule has 0 bridgehead atoms. The average molecular weight is 326 g/mol. The predicted molar refractivity (Wildman–Crippen MR) is 76.8 cm³/mol. The van der Waals surface area contributed by atoms with Crippen molar-refractivity contribution >= 4 is 33.4 Å². The van der Waals surface area contributed by atoms with Gasteiger partial charge in [-0.15, -0.1) is 0 Å². The summed E-state index contributed by atoms with van der Waals surface area (Å²) in [6.07, 6.45) is 0. The Morgan fingerprint density at radius 1 is 1.37 bits per heavy atom. The number of hydrogen-bond donors (Lipinski definition) is 1. The van der Waals surface area contributed by atoms with Crippen LogP contribution < -0.4 is 5.73 Å². The topological polar surface area (TPSA) is 66.6 Å². The molecule has 1 heterocycles. The number of rotatable bonds is 1. The van der Waals surface area contributed by atoms with Crippen LogP contribution in [0.3, 0.4) is 0 Å². The highest BCUT2D eigenvalue weighted by molar-refractivity contribution is 9.10. The maximum Gasteiger partial charge on any atom is 0.254 e. The monoisotopic (exact) mass is 325 g/mol. The lowest BCUT2D eigenvalue weighted by molar-refractivity contribution is -0.133. The number of piperazine rings is 1. The summed E-state index contributed by atoms with van der Waals surface area (Å²) < 4.78 is 0.763. The molecule has 19 heavy (non-hydrogen) atoms. The van der Waals surface area contributed by atoms with Gasteiger partial charge in [-0.2, -0.15) is 0 Å². The van der Waals surface area contributed by atoms with Gasteiger partial charge in [-0.25, -0.2) is 0 Å². The lowest BCUT2D eigenvalue weighted by Gasteiger charge is -2.32. The number of nitrogen functional groups attached to an aromatic ring is 1. The molecule has 1 aromatic carbocycles. The zero-order chi connectivity index (χ0) is 14.2. The first-order valence-electron chi connectivity index (χ1n) is 5.99. The van der Waals surface area contributed by atoms with Crippen molar-refractivity contribution in [3.8, 4) is 0 Å². The number of carbonyl (C=O) groups is 2. The molecule has 6 heteroatoms. The van der Waals surface area contributed by atoms with E-state index in [4.69, 9.17) is 5.73 Å². The van der Waals surface area contributed by atoms with Gasteiger partial charge in [-0.3, -0.25) is 9.59 Å². The number of anilines is 1. The van der Waals surface area contributed by atoms with Crippen LogP contribution in [-0.4, -0.2) is 48.3 Å². The molecule has 0 radical (unpaired) electrons. The van der Waals surface area contributed by atoms with Gasteiger partial charge in [0, 0.05) is 35.9 Å². The Bertz CT molecular complexity index is 545. The maximum atomic E-state index is 12.5. The van der Waals surface area contributed by atoms with Gasteiger partial charge in [0.15, 0.2) is 0 Å². The Labute approximate surface area is 120 Å². The van der Waals surface area contributed by atoms with Crippen LogP contribution >= 0.6 is 15.9 Å². The first-order chi connectivity index (χ1) is 8.90. The summed E-state index contributed by atoms with van der Waals surface area (Å²) >= 11 is 3.33. The molecule has 102 valence electrons. The first kappa shape index (κ1) is 13.9. The van der Waals surface area contributed by atoms with Crippen LogP contribution in [0.5, 0.6) is 0 Å². The van der Waals surface area contributed by atoms with E-state index in [-0.39, 0.29) is 18.4 Å². The van der Waals surface area contributed by atoms with Crippen molar-refractivity contribution in [3.63, 3.8) is 0 Å². The molecule has 1 aliphatic rings. The number of nitrogens with two attached hydrogens (primary N) is 1. The van der Waals surface area contributed by atoms with Gasteiger partial charge in [0.1, 0.15) is 6.54 Å². The maximum absolute atomic E-state index is 12.5. The fourth-order valence-electron chi connectivity index (χ4n) is 2.02. The molecule has 0 aliphatic carbocycles. The zero-order valence-electron chi connectivity index (χ0n) is 10.9. The van der Waals surface area contributed by atoms with Crippen LogP contribution in [0.4, 0.5) is 5.69 Å². The Kier molecular flexibility index (Phi) is 3.80. The lowest BCUT2D eigenvalue weighted by atomic mass is 10.1. The van der Waals surface area contributed by atoms with Gasteiger partial charge < -0.3 is 15.5 Å². The normalized spacial score (nSPS) is 15.8. The molecule has 0 spiro atoms. The highest BCUT2D eigenvalue weighted by atomic mass is 79.9. The molecule has 0 aromatic heterocycles. The molecule has 1 aliphatic heterocycles. The second kappa shape index (κ2) is 5.21. The van der Waals surface area contributed by atoms with Gasteiger partial charge in [-0.1, -0.05) is 15.9 Å². The average Bonchev–Trinajstić information content (AvgIpc) is 2.36. The molecule has 0 saturated carbocycles. The highest BCUT2D eigenvalue weighted by Crippen LogP contribution is 2.24. The van der Waals surface area contributed by atoms with E-state index in [9.17, 15) is 9.59 Å². The van der Waals surface area contributed by atoms with Crippen LogP contribution in [0, 0.1) is 6.92 Å². The summed E-state index contributed by atoms with van der Waals surface area (Å²) in [5.41, 5.74) is 7.73. The van der Waals surface area contributed by atoms with Crippen molar-refractivity contribution in [1.82, 2.24) is 9.80 Å². The molecular formula is C13H16BrN3O2. The summed E-state index contributed by atoms with van der Waals surface area (Å²) in [6.45, 7) is 3.05. The van der Waals surface area contributed by atoms with E-state index in [1.165, 1.54) is 0 Å². The third kappa shape index (κ3) is 2.73. The van der Waals surface area contributed by atoms with E-state index in [1.807, 2.05) is 6.92 Å². The van der Waals surface area contributed by atoms with E-state index < -0.39 is 0 Å². The predicted octanol–water partition coefficient (Wildman–Crippen LogP) is 1.25. The van der Waals surface area contributed by atoms with Crippen molar-refractivity contribution in [2.45, 2.75) is 6.92 Å². The minimum Gasteiger partial charge on any atom is -0.398 e. The number of likely N-dealkylation sites (N-methyl/N-ethyl adjacent to an activating group) is 1. The molecule has 0 unspecified atom stereocenters. The molecule has 1 fully saturated rings. The standard InChI is InChI=1S/C13H16BrN3O2/c1-8-10(5-9(14)6-11(8)15)13(19)17-4-3-16(2)12(18)7-17/h5-6H,3-4,7,15H2,1-2H3. The van der Waals surface area contributed by atoms with Crippen molar-refractivity contribution < 1.29 is 9.59 Å². The molecule has 0 atom stereocenters. The number of amides is 2. The molecular weight excluding hydrogens is 310 g/mol. The van der Waals surface area contributed by atoms with Gasteiger partial charge in [0.25, 0.3) is 5.91 Å². The largest absolute Gasteiger partial charge is 0.398 e. The van der Waals surface area contributed by atoms with Gasteiger partial charge in [-0.05, 0) is 24.6 Å². The Hall–Kier alpha value is -1.56. The van der Waals surface area contributed by atoms with E-state index in [0.29, 0.717) is 24.3 Å². The summed E-state index contributed by atoms with van der Waals surface area (Å²) in [7, 11) is 1.74. The Morgan fingerprint density at radius 3 is 2.68 bits per heavy atom. The second-order valence-corrected chi connectivity index (χ2v) is 5.63. The molecule has 1 aromatic rings. The van der Waals surface area contributed by atoms with Gasteiger partial charge in [0.2, 0.25) is 5.91 Å². The van der Waals surface area contributed by atoms with Crippen LogP contribution in [0.2, 0.25) is 0 Å². The number of hydrogen-bond acceptors (Lipinski definition) is 3. The molecule has 1 saturated heterocycles. The van der Waals surface area contributed by atoms with E-state index >= 15 is 0 Å². The summed E-state index contributed by atoms with van der Waals surface area (Å²) in [4.78, 5) is 27.3. The van der Waals surface area contributed by atoms with Crippen LogP contribution in [0.25, 0.3) is 0 Å². The SMILES string of the molecule is Cc1c(N)cc(Br)cc1C(=O)N1CCN(C)C(=O)C1. The number of nitrogens with zero attached hydrogens (tertiary/aromatic N) is 2. The summed E-state index contributed by atoms with van der Waals surface area (Å²) in [5, 5.41) is 0. The highest BCUT2D eigenvalue weighted by Gasteiger charge is 2.26. The van der Waals surface area contributed by atoms with Crippen LogP contribution in [-0.2, 0) is 4.79 Å². The van der Waals surface area contributed by atoms with Crippen molar-refractivity contribution in [2.24, 2.45) is 0 Å². The van der Waals surface area contributed by atoms with Gasteiger partial charge >= 0.3 is 0 Å². The number of halogens is 1. The lowest BCUT2D eigenvalue weighted by Crippen LogP contribution is -2.50. The fraction of sp³-hybridized carbons (Fsp3) is 0.385. The van der Waals surface area contributed by atoms with Crippen molar-refractivity contribution in [3.05, 3.63) is 27.7 Å².